The van der Waals surface area contributed by atoms with E-state index < -0.39 is 127 Å². The molecular formula is C48H61ClF6N8O7S. The first-order valence-electron chi connectivity index (χ1n) is 24.2. The van der Waals surface area contributed by atoms with E-state index in [4.69, 9.17) is 11.6 Å². The lowest BCUT2D eigenvalue weighted by atomic mass is 9.64. The number of thiazole rings is 1. The Hall–Kier alpha value is -4.99. The van der Waals surface area contributed by atoms with Crippen molar-refractivity contribution in [3.63, 3.8) is 0 Å². The summed E-state index contributed by atoms with van der Waals surface area (Å²) in [5.41, 5.74) is -1.74. The summed E-state index contributed by atoms with van der Waals surface area (Å²) >= 11 is 7.85. The molecule has 15 nitrogen and oxygen atoms in total. The number of carbonyl (C=O) groups excluding carboxylic acids is 7. The lowest BCUT2D eigenvalue weighted by Gasteiger charge is -2.48. The van der Waals surface area contributed by atoms with Gasteiger partial charge in [-0.05, 0) is 80.0 Å². The first-order chi connectivity index (χ1) is 33.3. The van der Waals surface area contributed by atoms with Crippen molar-refractivity contribution in [2.45, 2.75) is 158 Å². The molecule has 71 heavy (non-hydrogen) atoms. The molecule has 0 radical (unpaired) electrons. The Balaban J connectivity index is 1.16. The maximum atomic E-state index is 15.0. The van der Waals surface area contributed by atoms with Gasteiger partial charge in [0.1, 0.15) is 41.9 Å². The monoisotopic (exact) mass is 1040 g/mol. The third-order valence-electron chi connectivity index (χ3n) is 14.8. The fourth-order valence-electron chi connectivity index (χ4n) is 10.3. The maximum absolute atomic E-state index is 15.0. The number of halogens is 7. The van der Waals surface area contributed by atoms with Crippen molar-refractivity contribution in [3.8, 4) is 10.4 Å². The summed E-state index contributed by atoms with van der Waals surface area (Å²) in [4.78, 5) is 108. The molecule has 3 saturated carbocycles. The van der Waals surface area contributed by atoms with E-state index in [0.717, 1.165) is 21.8 Å². The third kappa shape index (κ3) is 11.8. The second kappa shape index (κ2) is 21.2. The van der Waals surface area contributed by atoms with Gasteiger partial charge in [-0.3, -0.25) is 38.5 Å². The highest BCUT2D eigenvalue weighted by atomic mass is 35.5. The van der Waals surface area contributed by atoms with E-state index in [1.54, 1.807) is 29.9 Å². The van der Waals surface area contributed by atoms with E-state index in [9.17, 15) is 55.5 Å². The van der Waals surface area contributed by atoms with Crippen molar-refractivity contribution in [1.82, 2.24) is 41.0 Å². The predicted molar refractivity (Wildman–Crippen MR) is 249 cm³/mol. The Morgan fingerprint density at radius 2 is 1.72 bits per heavy atom. The van der Waals surface area contributed by atoms with Gasteiger partial charge in [-0.2, -0.15) is 13.2 Å². The second-order valence-electron chi connectivity index (χ2n) is 20.5. The largest absolute Gasteiger partial charge is 0.403 e. The Morgan fingerprint density at radius 1 is 1.01 bits per heavy atom. The van der Waals surface area contributed by atoms with Crippen LogP contribution in [0.2, 0.25) is 5.02 Å². The van der Waals surface area contributed by atoms with Crippen molar-refractivity contribution in [1.29, 1.82) is 0 Å². The van der Waals surface area contributed by atoms with E-state index in [1.165, 1.54) is 30.3 Å². The number of likely N-dealkylation sites (tertiary alicyclic amines) is 1. The second-order valence-corrected chi connectivity index (χ2v) is 21.8. The van der Waals surface area contributed by atoms with Crippen LogP contribution in [0.5, 0.6) is 0 Å². The van der Waals surface area contributed by atoms with Gasteiger partial charge in [-0.15, -0.1) is 11.3 Å². The zero-order chi connectivity index (χ0) is 51.8. The molecule has 1 aromatic carbocycles. The number of nitrogens with zero attached hydrogens (tertiary/aromatic N) is 4. The molecule has 2 aromatic rings. The number of nitrogens with one attached hydrogen (secondary N) is 4. The van der Waals surface area contributed by atoms with E-state index in [1.807, 2.05) is 13.8 Å². The molecule has 2 saturated heterocycles. The molecule has 6 atom stereocenters. The van der Waals surface area contributed by atoms with Crippen LogP contribution >= 0.6 is 22.9 Å². The van der Waals surface area contributed by atoms with Crippen molar-refractivity contribution in [3.05, 3.63) is 40.5 Å². The summed E-state index contributed by atoms with van der Waals surface area (Å²) in [6.07, 6.45) is -6.63. The number of alkyl halides is 6. The molecule has 1 aromatic heterocycles. The van der Waals surface area contributed by atoms with E-state index in [0.29, 0.717) is 47.6 Å². The van der Waals surface area contributed by atoms with Crippen molar-refractivity contribution in [2.75, 3.05) is 27.2 Å². The van der Waals surface area contributed by atoms with Crippen LogP contribution < -0.4 is 21.3 Å². The minimum Gasteiger partial charge on any atom is -0.354 e. The topological polar surface area (TPSA) is 190 Å². The molecule has 3 heterocycles. The minimum atomic E-state index is -5.42. The summed E-state index contributed by atoms with van der Waals surface area (Å²) in [5.74, 6) is -10.3. The van der Waals surface area contributed by atoms with Gasteiger partial charge in [-0.25, -0.2) is 13.2 Å². The van der Waals surface area contributed by atoms with Gasteiger partial charge in [0.05, 0.1) is 16.9 Å². The molecule has 0 unspecified atom stereocenters. The summed E-state index contributed by atoms with van der Waals surface area (Å²) in [6.45, 7) is 2.86. The quantitative estimate of drug-likeness (QED) is 0.194. The summed E-state index contributed by atoms with van der Waals surface area (Å²) in [7, 11) is 2.76. The Labute approximate surface area is 416 Å². The number of carbonyl (C=O) groups is 7. The van der Waals surface area contributed by atoms with Crippen LogP contribution in [0.3, 0.4) is 0 Å². The number of hydrogen-bond donors (Lipinski definition) is 4. The Bertz CT molecular complexity index is 2340. The molecule has 5 fully saturated rings. The standard InChI is InChI=1S/C48H61ClF6N8O7S/c1-26(2)16-32-41(67)62(4)35(19-28-18-29(49)11-12-31(28)37-21-56-25-71-37)40(66)60-46(13-14-46)43(69)57-15-6-5-10-34(38(64)58-32)61(3)42(68)33(17-27-8-7-9-27)59-39(65)36-20-30(50)22-63(36)44(70)45(48(53,54)55)23-47(51,52)24-45/h11-12,18,21,25-27,30,32-36H,5-10,13-17,19-20,22-24H2,1-4H3,(H,57,69)(H,58,64)(H,59,65)(H,60,66)/t30-,32+,33+,34+,35+,36+/m1/s1. The van der Waals surface area contributed by atoms with Crippen LogP contribution in [-0.2, 0) is 40.0 Å². The van der Waals surface area contributed by atoms with Gasteiger partial charge in [-0.1, -0.05) is 50.8 Å². The molecule has 390 valence electrons. The highest BCUT2D eigenvalue weighted by Crippen LogP contribution is 2.61. The molecule has 0 bridgehead atoms. The average Bonchev–Trinajstić information content (AvgIpc) is 3.63. The van der Waals surface area contributed by atoms with E-state index >= 15 is 4.39 Å². The van der Waals surface area contributed by atoms with Gasteiger partial charge in [0.15, 0.2) is 5.41 Å². The maximum Gasteiger partial charge on any atom is 0.403 e. The van der Waals surface area contributed by atoms with Gasteiger partial charge in [0.25, 0.3) is 5.92 Å². The normalized spacial score (nSPS) is 26.5. The van der Waals surface area contributed by atoms with Crippen LogP contribution in [-0.4, -0.2) is 142 Å². The highest BCUT2D eigenvalue weighted by Gasteiger charge is 2.75. The third-order valence-corrected chi connectivity index (χ3v) is 15.8. The molecule has 2 aliphatic heterocycles. The number of aromatic nitrogens is 1. The number of likely N-dealkylation sites (N-methyl/N-ethyl adjacent to an activating group) is 2. The smallest absolute Gasteiger partial charge is 0.354 e. The number of amides is 7. The molecule has 4 N–H and O–H groups in total. The first-order valence-corrected chi connectivity index (χ1v) is 25.4. The number of benzene rings is 1. The van der Waals surface area contributed by atoms with E-state index in [2.05, 4.69) is 26.3 Å². The van der Waals surface area contributed by atoms with E-state index in [-0.39, 0.29) is 50.5 Å². The van der Waals surface area contributed by atoms with Crippen molar-refractivity contribution >= 4 is 64.3 Å². The van der Waals surface area contributed by atoms with Crippen molar-refractivity contribution in [2.24, 2.45) is 17.3 Å². The lowest BCUT2D eigenvalue weighted by molar-refractivity contribution is -0.299. The van der Waals surface area contributed by atoms with Gasteiger partial charge >= 0.3 is 6.18 Å². The van der Waals surface area contributed by atoms with Crippen LogP contribution in [0, 0.1) is 17.3 Å². The molecule has 23 heteroatoms. The summed E-state index contributed by atoms with van der Waals surface area (Å²) in [5, 5.41) is 11.6. The van der Waals surface area contributed by atoms with Crippen LogP contribution in [0.25, 0.3) is 10.4 Å². The molecule has 5 aliphatic rings. The summed E-state index contributed by atoms with van der Waals surface area (Å²) in [6, 6.07) is -1.85. The molecule has 7 amide bonds. The number of hydrogen-bond acceptors (Lipinski definition) is 9. The molecular weight excluding hydrogens is 982 g/mol. The lowest BCUT2D eigenvalue weighted by Crippen LogP contribution is -2.65. The molecule has 3 aliphatic carbocycles. The van der Waals surface area contributed by atoms with Crippen LogP contribution in [0.4, 0.5) is 26.3 Å². The predicted octanol–water partition coefficient (Wildman–Crippen LogP) is 5.73. The Kier molecular flexibility index (Phi) is 16.1. The zero-order valence-electron chi connectivity index (χ0n) is 40.0. The van der Waals surface area contributed by atoms with Gasteiger partial charge < -0.3 is 36.0 Å². The van der Waals surface area contributed by atoms with Crippen molar-refractivity contribution < 1.29 is 59.9 Å². The van der Waals surface area contributed by atoms with Crippen LogP contribution in [0.15, 0.2) is 29.9 Å². The molecule has 1 spiro atoms. The van der Waals surface area contributed by atoms with Gasteiger partial charge in [0, 0.05) is 57.5 Å². The fourth-order valence-corrected chi connectivity index (χ4v) is 11.1. The van der Waals surface area contributed by atoms with Crippen LogP contribution in [0.1, 0.15) is 103 Å². The number of rotatable bonds is 12. The average molecular weight is 1040 g/mol. The first kappa shape index (κ1) is 53.8. The highest BCUT2D eigenvalue weighted by molar-refractivity contribution is 7.13. The molecule has 7 rings (SSSR count). The summed E-state index contributed by atoms with van der Waals surface area (Å²) < 4.78 is 85.9. The zero-order valence-corrected chi connectivity index (χ0v) is 41.6. The van der Waals surface area contributed by atoms with Gasteiger partial charge in [0.2, 0.25) is 41.4 Å². The SMILES string of the molecule is CC(C)C[C@@H]1NC(=O)[C@@H](N(C)C(=O)[C@H](CC2CCC2)NC(=O)[C@@H]2C[C@@H](F)CN2C(=O)C2(C(F)(F)F)CC(F)(F)C2)CCCCNC(=O)C2(CC2)NC(=O)[C@H](Cc2cc(Cl)ccc2-c2cncs2)N(C)C1=O. The minimum absolute atomic E-state index is 0.00465. The fraction of sp³-hybridized carbons (Fsp3) is 0.667. The Morgan fingerprint density at radius 3 is 2.31 bits per heavy atom.